The molecule has 0 saturated carbocycles. The van der Waals surface area contributed by atoms with Crippen molar-refractivity contribution in [2.24, 2.45) is 0 Å². The molecule has 0 bridgehead atoms. The van der Waals surface area contributed by atoms with Crippen LogP contribution in [0.3, 0.4) is 0 Å². The van der Waals surface area contributed by atoms with Gasteiger partial charge in [-0.2, -0.15) is 5.48 Å². The van der Waals surface area contributed by atoms with Crippen molar-refractivity contribution in [2.75, 3.05) is 6.61 Å². The summed E-state index contributed by atoms with van der Waals surface area (Å²) in [5.74, 6) is 0. The number of nitrogens with one attached hydrogen (secondary N) is 1. The average Bonchev–Trinajstić information content (AvgIpc) is 2.26. The standard InChI is InChI=1S/C3H5NO2/c1-2(5-1)3-4-6-3/h2-4H,1H2. The van der Waals surface area contributed by atoms with Gasteiger partial charge in [-0.15, -0.1) is 0 Å². The normalized spacial score (nSPS) is 52.0. The minimum Gasteiger partial charge on any atom is -0.369 e. The van der Waals surface area contributed by atoms with E-state index >= 15 is 0 Å². The summed E-state index contributed by atoms with van der Waals surface area (Å²) in [6, 6.07) is 0. The Balaban J connectivity index is 1.92. The summed E-state index contributed by atoms with van der Waals surface area (Å²) in [4.78, 5) is 4.66. The fourth-order valence-corrected chi connectivity index (χ4v) is 0.421. The molecule has 0 aromatic heterocycles. The summed E-state index contributed by atoms with van der Waals surface area (Å²) in [6.45, 7) is 0.873. The first kappa shape index (κ1) is 2.96. The molecule has 6 heavy (non-hydrogen) atoms. The van der Waals surface area contributed by atoms with E-state index in [-0.39, 0.29) is 6.23 Å². The van der Waals surface area contributed by atoms with E-state index in [9.17, 15) is 0 Å². The monoisotopic (exact) mass is 87.0 g/mol. The lowest BCUT2D eigenvalue weighted by Crippen LogP contribution is -1.97. The molecule has 1 N–H and O–H groups in total. The van der Waals surface area contributed by atoms with Crippen LogP contribution in [0.1, 0.15) is 0 Å². The van der Waals surface area contributed by atoms with Crippen molar-refractivity contribution in [1.82, 2.24) is 5.48 Å². The zero-order chi connectivity index (χ0) is 3.98. The summed E-state index contributed by atoms with van der Waals surface area (Å²) in [7, 11) is 0. The van der Waals surface area contributed by atoms with E-state index in [2.05, 4.69) is 10.3 Å². The van der Waals surface area contributed by atoms with Crippen LogP contribution in [0.25, 0.3) is 0 Å². The molecular weight excluding hydrogens is 82.0 g/mol. The maximum absolute atomic E-state index is 4.84. The molecule has 2 rings (SSSR count). The molecule has 2 aliphatic rings. The Morgan fingerprint density at radius 3 is 2.50 bits per heavy atom. The van der Waals surface area contributed by atoms with Gasteiger partial charge in [-0.25, -0.2) is 0 Å². The van der Waals surface area contributed by atoms with Gasteiger partial charge in [0.15, 0.2) is 6.23 Å². The molecule has 2 fully saturated rings. The second kappa shape index (κ2) is 0.753. The number of hydroxylamine groups is 1. The van der Waals surface area contributed by atoms with E-state index in [1.165, 1.54) is 0 Å². The second-order valence-electron chi connectivity index (χ2n) is 1.53. The van der Waals surface area contributed by atoms with Gasteiger partial charge in [0.2, 0.25) is 0 Å². The molecule has 0 amide bonds. The van der Waals surface area contributed by atoms with E-state index in [4.69, 9.17) is 4.74 Å². The SMILES string of the molecule is C1OC1C1NO1. The highest BCUT2D eigenvalue weighted by atomic mass is 16.8. The zero-order valence-electron chi connectivity index (χ0n) is 3.18. The molecule has 2 saturated heterocycles. The lowest BCUT2D eigenvalue weighted by atomic mass is 10.5. The third-order valence-corrected chi connectivity index (χ3v) is 0.951. The van der Waals surface area contributed by atoms with Crippen molar-refractivity contribution in [3.63, 3.8) is 0 Å². The Labute approximate surface area is 35.2 Å². The van der Waals surface area contributed by atoms with Crippen molar-refractivity contribution in [2.45, 2.75) is 12.3 Å². The van der Waals surface area contributed by atoms with Crippen LogP contribution in [0, 0.1) is 0 Å². The fraction of sp³-hybridized carbons (Fsp3) is 1.00. The van der Waals surface area contributed by atoms with Crippen LogP contribution in [-0.2, 0) is 9.57 Å². The van der Waals surface area contributed by atoms with Gasteiger partial charge < -0.3 is 4.74 Å². The van der Waals surface area contributed by atoms with Crippen molar-refractivity contribution >= 4 is 0 Å². The maximum atomic E-state index is 4.84. The van der Waals surface area contributed by atoms with Crippen LogP contribution in [0.5, 0.6) is 0 Å². The average molecular weight is 87.1 g/mol. The van der Waals surface area contributed by atoms with Crippen LogP contribution < -0.4 is 5.48 Å². The molecule has 3 nitrogen and oxygen atoms in total. The van der Waals surface area contributed by atoms with Crippen molar-refractivity contribution in [3.05, 3.63) is 0 Å². The highest BCUT2D eigenvalue weighted by Gasteiger charge is 2.41. The Morgan fingerprint density at radius 1 is 1.67 bits per heavy atom. The quantitative estimate of drug-likeness (QED) is 0.428. The first-order chi connectivity index (χ1) is 2.97. The fourth-order valence-electron chi connectivity index (χ4n) is 0.421. The van der Waals surface area contributed by atoms with Crippen LogP contribution in [0.15, 0.2) is 0 Å². The van der Waals surface area contributed by atoms with E-state index in [1.807, 2.05) is 0 Å². The first-order valence-corrected chi connectivity index (χ1v) is 1.99. The highest BCUT2D eigenvalue weighted by molar-refractivity contribution is 4.80. The second-order valence-corrected chi connectivity index (χ2v) is 1.53. The number of hydrogen-bond acceptors (Lipinski definition) is 3. The number of epoxide rings is 1. The molecule has 0 aromatic carbocycles. The smallest absolute Gasteiger partial charge is 0.179 e. The topological polar surface area (TPSA) is 47.0 Å². The summed E-state index contributed by atoms with van der Waals surface area (Å²) in [6.07, 6.45) is 0.620. The van der Waals surface area contributed by atoms with Crippen LogP contribution in [0.2, 0.25) is 0 Å². The third kappa shape index (κ3) is 0.330. The molecule has 2 heterocycles. The first-order valence-electron chi connectivity index (χ1n) is 1.99. The minimum atomic E-state index is 0.241. The largest absolute Gasteiger partial charge is 0.369 e. The predicted molar refractivity (Wildman–Crippen MR) is 17.7 cm³/mol. The maximum Gasteiger partial charge on any atom is 0.179 e. The summed E-state index contributed by atoms with van der Waals surface area (Å²) < 4.78 is 4.84. The van der Waals surface area contributed by atoms with Gasteiger partial charge in [0.25, 0.3) is 0 Å². The molecule has 2 unspecified atom stereocenters. The molecule has 0 spiro atoms. The molecule has 0 radical (unpaired) electrons. The predicted octanol–water partition coefficient (Wildman–Crippen LogP) is -0.754. The third-order valence-electron chi connectivity index (χ3n) is 0.951. The van der Waals surface area contributed by atoms with E-state index in [0.717, 1.165) is 6.61 Å². The minimum absolute atomic E-state index is 0.241. The van der Waals surface area contributed by atoms with Gasteiger partial charge in [-0.1, -0.05) is 0 Å². The van der Waals surface area contributed by atoms with Crippen molar-refractivity contribution < 1.29 is 9.57 Å². The molecule has 0 aromatic rings. The molecule has 0 aliphatic carbocycles. The highest BCUT2D eigenvalue weighted by Crippen LogP contribution is 2.20. The molecule has 2 atom stereocenters. The van der Waals surface area contributed by atoms with Crippen molar-refractivity contribution in [1.29, 1.82) is 0 Å². The Morgan fingerprint density at radius 2 is 2.33 bits per heavy atom. The van der Waals surface area contributed by atoms with E-state index in [0.29, 0.717) is 6.10 Å². The Hall–Kier alpha value is -0.120. The van der Waals surface area contributed by atoms with Crippen LogP contribution in [-0.4, -0.2) is 18.9 Å². The Kier molecular flexibility index (Phi) is 0.371. The summed E-state index contributed by atoms with van der Waals surface area (Å²) >= 11 is 0. The number of rotatable bonds is 1. The molecule has 2 aliphatic heterocycles. The zero-order valence-corrected chi connectivity index (χ0v) is 3.18. The van der Waals surface area contributed by atoms with E-state index in [1.54, 1.807) is 0 Å². The van der Waals surface area contributed by atoms with E-state index < -0.39 is 0 Å². The van der Waals surface area contributed by atoms with Crippen LogP contribution in [0.4, 0.5) is 0 Å². The molecule has 34 valence electrons. The molecular formula is C3H5NO2. The Bertz CT molecular complexity index is 57.2. The summed E-state index contributed by atoms with van der Waals surface area (Å²) in [5.41, 5.74) is 2.67. The number of hydrogen-bond donors (Lipinski definition) is 1. The van der Waals surface area contributed by atoms with Gasteiger partial charge in [-0.05, 0) is 0 Å². The summed E-state index contributed by atoms with van der Waals surface area (Å²) in [5, 5.41) is 0. The van der Waals surface area contributed by atoms with Gasteiger partial charge in [0.05, 0.1) is 6.61 Å². The number of ether oxygens (including phenoxy) is 1. The van der Waals surface area contributed by atoms with Gasteiger partial charge in [-0.3, -0.25) is 4.84 Å². The van der Waals surface area contributed by atoms with Gasteiger partial charge >= 0.3 is 0 Å². The lowest BCUT2D eigenvalue weighted by molar-refractivity contribution is 0.315. The van der Waals surface area contributed by atoms with Crippen LogP contribution >= 0.6 is 0 Å². The van der Waals surface area contributed by atoms with Gasteiger partial charge in [0.1, 0.15) is 6.10 Å². The molecule has 3 heteroatoms. The van der Waals surface area contributed by atoms with Gasteiger partial charge in [0, 0.05) is 0 Å². The van der Waals surface area contributed by atoms with Crippen molar-refractivity contribution in [3.8, 4) is 0 Å². The lowest BCUT2D eigenvalue weighted by Gasteiger charge is -1.67.